The number of anilines is 2. The molecule has 1 amide bonds. The first kappa shape index (κ1) is 22.8. The Hall–Kier alpha value is -2.85. The number of hydrogen-bond acceptors (Lipinski definition) is 6. The van der Waals surface area contributed by atoms with Crippen LogP contribution in [-0.2, 0) is 22.4 Å². The molecule has 1 aromatic heterocycles. The molecule has 0 saturated carbocycles. The van der Waals surface area contributed by atoms with E-state index >= 15 is 0 Å². The fourth-order valence-electron chi connectivity index (χ4n) is 3.86. The Labute approximate surface area is 187 Å². The van der Waals surface area contributed by atoms with E-state index in [1.54, 1.807) is 31.2 Å². The van der Waals surface area contributed by atoms with Crippen LogP contribution in [-0.4, -0.2) is 18.0 Å². The van der Waals surface area contributed by atoms with Crippen LogP contribution < -0.4 is 11.1 Å². The van der Waals surface area contributed by atoms with Crippen LogP contribution in [0.5, 0.6) is 0 Å². The Bertz CT molecular complexity index is 1010. The van der Waals surface area contributed by atoms with Crippen molar-refractivity contribution in [1.82, 2.24) is 0 Å². The van der Waals surface area contributed by atoms with Crippen LogP contribution in [0.3, 0.4) is 0 Å². The number of hydrogen-bond donors (Lipinski definition) is 2. The molecule has 1 aromatic carbocycles. The summed E-state index contributed by atoms with van der Waals surface area (Å²) in [6.45, 7) is 8.50. The van der Waals surface area contributed by atoms with Crippen molar-refractivity contribution in [2.45, 2.75) is 59.5 Å². The van der Waals surface area contributed by atoms with Gasteiger partial charge >= 0.3 is 5.97 Å². The number of fused-ring (bicyclic) bond motifs is 1. The molecule has 6 nitrogen and oxygen atoms in total. The first-order valence-corrected chi connectivity index (χ1v) is 11.4. The van der Waals surface area contributed by atoms with Gasteiger partial charge in [0.1, 0.15) is 11.1 Å². The second-order valence-corrected chi connectivity index (χ2v) is 10.1. The number of rotatable bonds is 5. The molecule has 0 saturated heterocycles. The minimum absolute atomic E-state index is 0.196. The number of ether oxygens (including phenoxy) is 1. The lowest BCUT2D eigenvalue weighted by Gasteiger charge is -2.33. The Balaban J connectivity index is 1.74. The van der Waals surface area contributed by atoms with Crippen molar-refractivity contribution < 1.29 is 14.3 Å². The van der Waals surface area contributed by atoms with E-state index in [4.69, 9.17) is 10.5 Å². The van der Waals surface area contributed by atoms with Crippen molar-refractivity contribution >= 4 is 33.9 Å². The number of esters is 1. The summed E-state index contributed by atoms with van der Waals surface area (Å²) in [4.78, 5) is 26.4. The third-order valence-corrected chi connectivity index (χ3v) is 7.07. The van der Waals surface area contributed by atoms with Crippen molar-refractivity contribution in [3.63, 3.8) is 0 Å². The highest BCUT2D eigenvalue weighted by Gasteiger charge is 2.33. The van der Waals surface area contributed by atoms with E-state index in [2.05, 4.69) is 32.2 Å². The van der Waals surface area contributed by atoms with Gasteiger partial charge in [-0.05, 0) is 66.8 Å². The second-order valence-electron chi connectivity index (χ2n) is 9.04. The summed E-state index contributed by atoms with van der Waals surface area (Å²) in [5.74, 6) is -0.465. The van der Waals surface area contributed by atoms with Gasteiger partial charge < -0.3 is 15.8 Å². The molecule has 3 rings (SSSR count). The van der Waals surface area contributed by atoms with Gasteiger partial charge in [-0.25, -0.2) is 4.79 Å². The number of nitrogen functional groups attached to an aromatic ring is 1. The zero-order valence-electron chi connectivity index (χ0n) is 18.5. The van der Waals surface area contributed by atoms with Crippen molar-refractivity contribution in [2.75, 3.05) is 11.1 Å². The molecule has 3 N–H and O–H groups in total. The zero-order chi connectivity index (χ0) is 22.8. The van der Waals surface area contributed by atoms with Crippen molar-refractivity contribution in [1.29, 1.82) is 5.26 Å². The summed E-state index contributed by atoms with van der Waals surface area (Å²) in [5, 5.41) is 13.1. The van der Waals surface area contributed by atoms with E-state index in [9.17, 15) is 14.9 Å². The minimum Gasteiger partial charge on any atom is -0.449 e. The second kappa shape index (κ2) is 9.11. The van der Waals surface area contributed by atoms with Gasteiger partial charge in [0, 0.05) is 10.6 Å². The summed E-state index contributed by atoms with van der Waals surface area (Å²) in [7, 11) is 0. The number of carbonyl (C=O) groups excluding carboxylic acids is 2. The standard InChI is InChI=1S/C24H29N3O3S/c1-5-19(30-23(29)14-6-9-16(26)10-7-14)21(28)27-22-18(13-25)17-11-8-15(24(2,3)4)12-20(17)31-22/h6-7,9-10,15,19H,5,8,11-12,26H2,1-4H3,(H,27,28). The minimum atomic E-state index is -0.946. The van der Waals surface area contributed by atoms with Crippen molar-refractivity contribution in [2.24, 2.45) is 11.3 Å². The molecule has 2 unspecified atom stereocenters. The SMILES string of the molecule is CCC(OC(=O)c1ccc(N)cc1)C(=O)Nc1sc2c(c1C#N)CCC(C(C)(C)C)C2. The maximum Gasteiger partial charge on any atom is 0.338 e. The molecule has 0 radical (unpaired) electrons. The molecule has 31 heavy (non-hydrogen) atoms. The van der Waals surface area contributed by atoms with E-state index in [0.717, 1.165) is 24.8 Å². The lowest BCUT2D eigenvalue weighted by atomic mass is 9.72. The summed E-state index contributed by atoms with van der Waals surface area (Å²) in [6, 6.07) is 8.61. The van der Waals surface area contributed by atoms with Crippen LogP contribution >= 0.6 is 11.3 Å². The summed E-state index contributed by atoms with van der Waals surface area (Å²) >= 11 is 1.47. The maximum atomic E-state index is 12.9. The molecule has 0 bridgehead atoms. The lowest BCUT2D eigenvalue weighted by Crippen LogP contribution is -2.32. The van der Waals surface area contributed by atoms with E-state index < -0.39 is 18.0 Å². The van der Waals surface area contributed by atoms with Crippen LogP contribution in [0.4, 0.5) is 10.7 Å². The number of nitriles is 1. The number of nitrogens with zero attached hydrogens (tertiary/aromatic N) is 1. The van der Waals surface area contributed by atoms with E-state index in [-0.39, 0.29) is 5.41 Å². The van der Waals surface area contributed by atoms with Crippen molar-refractivity contribution in [3.05, 3.63) is 45.8 Å². The Kier molecular flexibility index (Phi) is 6.71. The zero-order valence-corrected chi connectivity index (χ0v) is 19.3. The number of amides is 1. The molecule has 7 heteroatoms. The van der Waals surface area contributed by atoms with Crippen LogP contribution in [0.25, 0.3) is 0 Å². The van der Waals surface area contributed by atoms with E-state index in [1.165, 1.54) is 16.2 Å². The Morgan fingerprint density at radius 3 is 2.58 bits per heavy atom. The average Bonchev–Trinajstić information content (AvgIpc) is 3.07. The fraction of sp³-hybridized carbons (Fsp3) is 0.458. The van der Waals surface area contributed by atoms with Crippen LogP contribution in [0.15, 0.2) is 24.3 Å². The quantitative estimate of drug-likeness (QED) is 0.508. The molecule has 1 aliphatic carbocycles. The normalized spacial score (nSPS) is 16.7. The molecule has 2 aromatic rings. The van der Waals surface area contributed by atoms with Crippen molar-refractivity contribution in [3.8, 4) is 6.07 Å². The average molecular weight is 440 g/mol. The van der Waals surface area contributed by atoms with Crippen LogP contribution in [0.1, 0.15) is 66.9 Å². The highest BCUT2D eigenvalue weighted by Crippen LogP contribution is 2.44. The monoisotopic (exact) mass is 439 g/mol. The third kappa shape index (κ3) is 5.08. The predicted molar refractivity (Wildman–Crippen MR) is 123 cm³/mol. The Morgan fingerprint density at radius 1 is 1.32 bits per heavy atom. The highest BCUT2D eigenvalue weighted by atomic mass is 32.1. The van der Waals surface area contributed by atoms with E-state index in [0.29, 0.717) is 34.2 Å². The third-order valence-electron chi connectivity index (χ3n) is 5.90. The summed E-state index contributed by atoms with van der Waals surface area (Å²) in [6.07, 6.45) is 2.17. The van der Waals surface area contributed by atoms with Gasteiger partial charge in [-0.15, -0.1) is 11.3 Å². The van der Waals surface area contributed by atoms with Gasteiger partial charge in [-0.3, -0.25) is 4.79 Å². The number of nitrogens with two attached hydrogens (primary N) is 1. The predicted octanol–water partition coefficient (Wildman–Crippen LogP) is 4.93. The summed E-state index contributed by atoms with van der Waals surface area (Å²) in [5.41, 5.74) is 8.31. The van der Waals surface area contributed by atoms with Crippen LogP contribution in [0.2, 0.25) is 0 Å². The summed E-state index contributed by atoms with van der Waals surface area (Å²) < 4.78 is 5.43. The van der Waals surface area contributed by atoms with Gasteiger partial charge in [0.05, 0.1) is 11.1 Å². The van der Waals surface area contributed by atoms with E-state index in [1.807, 2.05) is 0 Å². The number of benzene rings is 1. The topological polar surface area (TPSA) is 105 Å². The van der Waals surface area contributed by atoms with Crippen LogP contribution in [0, 0.1) is 22.7 Å². The molecular formula is C24H29N3O3S. The van der Waals surface area contributed by atoms with Gasteiger partial charge in [-0.1, -0.05) is 27.7 Å². The molecule has 0 fully saturated rings. The fourth-order valence-corrected chi connectivity index (χ4v) is 5.14. The number of carbonyl (C=O) groups is 2. The molecule has 1 aliphatic rings. The molecule has 1 heterocycles. The molecule has 0 spiro atoms. The molecule has 164 valence electrons. The van der Waals surface area contributed by atoms with Gasteiger partial charge in [0.15, 0.2) is 6.10 Å². The number of thiophene rings is 1. The smallest absolute Gasteiger partial charge is 0.338 e. The maximum absolute atomic E-state index is 12.9. The van der Waals surface area contributed by atoms with Gasteiger partial charge in [0.25, 0.3) is 5.91 Å². The first-order valence-electron chi connectivity index (χ1n) is 10.6. The van der Waals surface area contributed by atoms with Gasteiger partial charge in [-0.2, -0.15) is 5.26 Å². The molecular weight excluding hydrogens is 410 g/mol. The highest BCUT2D eigenvalue weighted by molar-refractivity contribution is 7.16. The molecule has 2 atom stereocenters. The first-order chi connectivity index (χ1) is 14.6. The largest absolute Gasteiger partial charge is 0.449 e. The van der Waals surface area contributed by atoms with Gasteiger partial charge in [0.2, 0.25) is 0 Å². The Morgan fingerprint density at radius 2 is 2.00 bits per heavy atom. The lowest BCUT2D eigenvalue weighted by molar-refractivity contribution is -0.124. The number of nitrogens with one attached hydrogen (secondary N) is 1. The molecule has 0 aliphatic heterocycles.